The molecule has 0 radical (unpaired) electrons. The minimum atomic E-state index is -0.220. The van der Waals surface area contributed by atoms with Crippen LogP contribution in [0.5, 0.6) is 5.88 Å². The van der Waals surface area contributed by atoms with Gasteiger partial charge in [0.15, 0.2) is 0 Å². The largest absolute Gasteiger partial charge is 0.494 e. The number of morpholine rings is 1. The Bertz CT molecular complexity index is 1220. The number of hydrogen-bond acceptors (Lipinski definition) is 6. The lowest BCUT2D eigenvalue weighted by atomic mass is 10.0. The Morgan fingerprint density at radius 2 is 1.97 bits per heavy atom. The summed E-state index contributed by atoms with van der Waals surface area (Å²) < 4.78 is 6.70. The van der Waals surface area contributed by atoms with Crippen molar-refractivity contribution in [3.63, 3.8) is 0 Å². The molecule has 1 aromatic carbocycles. The molecule has 1 saturated heterocycles. The van der Waals surface area contributed by atoms with E-state index in [9.17, 15) is 14.7 Å². The van der Waals surface area contributed by atoms with Gasteiger partial charge in [-0.15, -0.1) is 0 Å². The number of fused-ring (bicyclic) bond motifs is 1. The fourth-order valence-corrected chi connectivity index (χ4v) is 4.55. The van der Waals surface area contributed by atoms with Crippen molar-refractivity contribution in [2.45, 2.75) is 13.1 Å². The van der Waals surface area contributed by atoms with Crippen LogP contribution in [0.15, 0.2) is 40.6 Å². The molecule has 4 heterocycles. The summed E-state index contributed by atoms with van der Waals surface area (Å²) in [7, 11) is 0. The summed E-state index contributed by atoms with van der Waals surface area (Å²) in [5.74, 6) is -0.216. The van der Waals surface area contributed by atoms with Crippen molar-refractivity contribution < 1.29 is 14.6 Å². The van der Waals surface area contributed by atoms with Gasteiger partial charge in [-0.3, -0.25) is 19.1 Å². The highest BCUT2D eigenvalue weighted by Gasteiger charge is 2.25. The van der Waals surface area contributed by atoms with Gasteiger partial charge in [-0.2, -0.15) is 0 Å². The Morgan fingerprint density at radius 3 is 2.74 bits per heavy atom. The molecule has 3 aromatic rings. The molecule has 0 saturated carbocycles. The Labute approximate surface area is 182 Å². The molecule has 31 heavy (non-hydrogen) atoms. The smallest absolute Gasteiger partial charge is 0.310 e. The predicted molar refractivity (Wildman–Crippen MR) is 119 cm³/mol. The molecule has 0 bridgehead atoms. The van der Waals surface area contributed by atoms with Crippen LogP contribution in [0, 0.1) is 0 Å². The van der Waals surface area contributed by atoms with Gasteiger partial charge in [0.1, 0.15) is 0 Å². The molecule has 0 aliphatic carbocycles. The number of hydrogen-bond donors (Lipinski definition) is 3. The minimum absolute atomic E-state index is 0.0559. The van der Waals surface area contributed by atoms with Crippen molar-refractivity contribution in [1.29, 1.82) is 0 Å². The van der Waals surface area contributed by atoms with Gasteiger partial charge in [-0.1, -0.05) is 17.4 Å². The van der Waals surface area contributed by atoms with E-state index in [1.54, 1.807) is 0 Å². The van der Waals surface area contributed by atoms with Crippen molar-refractivity contribution in [3.05, 3.63) is 67.9 Å². The van der Waals surface area contributed by atoms with E-state index in [4.69, 9.17) is 4.74 Å². The zero-order valence-corrected chi connectivity index (χ0v) is 17.6. The lowest BCUT2D eigenvalue weighted by Gasteiger charge is -2.25. The second-order valence-corrected chi connectivity index (χ2v) is 8.51. The molecule has 2 aromatic heterocycles. The first-order chi connectivity index (χ1) is 15.1. The van der Waals surface area contributed by atoms with Gasteiger partial charge in [0.25, 0.3) is 5.91 Å². The van der Waals surface area contributed by atoms with Gasteiger partial charge in [-0.05, 0) is 35.4 Å². The van der Waals surface area contributed by atoms with Crippen LogP contribution in [0.1, 0.15) is 22.4 Å². The Morgan fingerprint density at radius 1 is 1.13 bits per heavy atom. The van der Waals surface area contributed by atoms with Gasteiger partial charge in [0, 0.05) is 42.8 Å². The van der Waals surface area contributed by atoms with Gasteiger partial charge in [-0.25, -0.2) is 0 Å². The van der Waals surface area contributed by atoms with Crippen molar-refractivity contribution in [2.75, 3.05) is 31.6 Å². The summed E-state index contributed by atoms with van der Waals surface area (Å²) >= 11 is 0.958. The Hall–Kier alpha value is -3.14. The van der Waals surface area contributed by atoms with Crippen molar-refractivity contribution in [2.24, 2.45) is 0 Å². The first kappa shape index (κ1) is 19.8. The number of aromatic amines is 1. The third kappa shape index (κ3) is 4.07. The lowest BCUT2D eigenvalue weighted by molar-refractivity contribution is -0.110. The number of aromatic hydroxyl groups is 1. The summed E-state index contributed by atoms with van der Waals surface area (Å²) in [6.45, 7) is 4.45. The van der Waals surface area contributed by atoms with E-state index in [0.29, 0.717) is 5.57 Å². The number of anilines is 1. The SMILES string of the molecule is O=C1Nc2ccc(Cn3c(O)csc3=O)cc2C1=Cc1cc(CN2CCOCC2)c[nH]1. The summed E-state index contributed by atoms with van der Waals surface area (Å²) in [6.07, 6.45) is 3.82. The number of aromatic nitrogens is 2. The van der Waals surface area contributed by atoms with E-state index in [2.05, 4.69) is 21.3 Å². The van der Waals surface area contributed by atoms with Gasteiger partial charge in [0.2, 0.25) is 5.88 Å². The van der Waals surface area contributed by atoms with Crippen LogP contribution in [0.2, 0.25) is 0 Å². The zero-order valence-electron chi connectivity index (χ0n) is 16.8. The average Bonchev–Trinajstić information content (AvgIpc) is 3.43. The van der Waals surface area contributed by atoms with Crippen LogP contribution in [-0.2, 0) is 22.6 Å². The van der Waals surface area contributed by atoms with E-state index in [-0.39, 0.29) is 23.2 Å². The topological polar surface area (TPSA) is 99.6 Å². The molecule has 1 amide bonds. The molecule has 160 valence electrons. The fourth-order valence-electron chi connectivity index (χ4n) is 3.94. The van der Waals surface area contributed by atoms with E-state index < -0.39 is 0 Å². The Balaban J connectivity index is 1.39. The monoisotopic (exact) mass is 438 g/mol. The molecule has 3 N–H and O–H groups in total. The molecule has 1 fully saturated rings. The number of rotatable bonds is 5. The molecule has 2 aliphatic heterocycles. The molecule has 9 heteroatoms. The third-order valence-corrected chi connectivity index (χ3v) is 6.30. The maximum atomic E-state index is 12.6. The number of benzene rings is 1. The van der Waals surface area contributed by atoms with Crippen molar-refractivity contribution in [3.8, 4) is 5.88 Å². The first-order valence-electron chi connectivity index (χ1n) is 10.1. The highest BCUT2D eigenvalue weighted by Crippen LogP contribution is 2.34. The predicted octanol–water partition coefficient (Wildman–Crippen LogP) is 2.32. The number of nitrogens with zero attached hydrogens (tertiary/aromatic N) is 2. The number of carbonyl (C=O) groups excluding carboxylic acids is 1. The van der Waals surface area contributed by atoms with Gasteiger partial charge >= 0.3 is 4.87 Å². The fraction of sp³-hybridized carbons (Fsp3) is 0.273. The molecule has 0 atom stereocenters. The van der Waals surface area contributed by atoms with Crippen LogP contribution in [0.3, 0.4) is 0 Å². The number of nitrogens with one attached hydrogen (secondary N) is 2. The van der Waals surface area contributed by atoms with Gasteiger partial charge in [0.05, 0.1) is 30.7 Å². The maximum absolute atomic E-state index is 12.6. The second kappa shape index (κ2) is 8.18. The first-order valence-corrected chi connectivity index (χ1v) is 11.0. The molecule has 5 rings (SSSR count). The summed E-state index contributed by atoms with van der Waals surface area (Å²) in [5.41, 5.74) is 4.94. The third-order valence-electron chi connectivity index (χ3n) is 5.54. The van der Waals surface area contributed by atoms with Crippen LogP contribution in [-0.4, -0.2) is 51.8 Å². The standard InChI is InChI=1S/C22H22N4O4S/c27-20-13-31-22(29)26(20)12-14-1-2-19-17(8-14)18(21(28)24-19)9-16-7-15(10-23-16)11-25-3-5-30-6-4-25/h1-2,7-10,13,23,27H,3-6,11-12H2,(H,24,28). The van der Waals surface area contributed by atoms with E-state index in [1.807, 2.05) is 30.5 Å². The van der Waals surface area contributed by atoms with Crippen LogP contribution >= 0.6 is 11.3 Å². The highest BCUT2D eigenvalue weighted by atomic mass is 32.1. The zero-order chi connectivity index (χ0) is 21.4. The molecule has 2 aliphatic rings. The summed E-state index contributed by atoms with van der Waals surface area (Å²) in [5, 5.41) is 14.2. The summed E-state index contributed by atoms with van der Waals surface area (Å²) in [6, 6.07) is 7.62. The van der Waals surface area contributed by atoms with Crippen molar-refractivity contribution >= 4 is 34.6 Å². The number of carbonyl (C=O) groups is 1. The molecule has 8 nitrogen and oxygen atoms in total. The quantitative estimate of drug-likeness (QED) is 0.531. The van der Waals surface area contributed by atoms with Crippen LogP contribution < -0.4 is 10.2 Å². The molecule has 0 spiro atoms. The lowest BCUT2D eigenvalue weighted by Crippen LogP contribution is -2.35. The minimum Gasteiger partial charge on any atom is -0.494 e. The molecular weight excluding hydrogens is 416 g/mol. The molecular formula is C22H22N4O4S. The number of amides is 1. The van der Waals surface area contributed by atoms with Crippen LogP contribution in [0.4, 0.5) is 5.69 Å². The normalized spacial score (nSPS) is 17.8. The van der Waals surface area contributed by atoms with E-state index >= 15 is 0 Å². The number of ether oxygens (including phenoxy) is 1. The molecule has 0 unspecified atom stereocenters. The second-order valence-electron chi connectivity index (χ2n) is 7.69. The number of thiazole rings is 1. The van der Waals surface area contributed by atoms with Crippen molar-refractivity contribution in [1.82, 2.24) is 14.5 Å². The van der Waals surface area contributed by atoms with E-state index in [1.165, 1.54) is 9.95 Å². The number of H-pyrrole nitrogens is 1. The Kier molecular flexibility index (Phi) is 5.23. The van der Waals surface area contributed by atoms with Gasteiger partial charge < -0.3 is 20.1 Å². The van der Waals surface area contributed by atoms with E-state index in [0.717, 1.165) is 72.3 Å². The highest BCUT2D eigenvalue weighted by molar-refractivity contribution is 7.07. The van der Waals surface area contributed by atoms with Crippen LogP contribution in [0.25, 0.3) is 11.6 Å². The average molecular weight is 439 g/mol. The maximum Gasteiger partial charge on any atom is 0.310 e. The summed E-state index contributed by atoms with van der Waals surface area (Å²) in [4.78, 5) is 29.9.